The van der Waals surface area contributed by atoms with Gasteiger partial charge in [0, 0.05) is 45.3 Å². The fourth-order valence-electron chi connectivity index (χ4n) is 4.09. The molecule has 2 N–H and O–H groups in total. The van der Waals surface area contributed by atoms with E-state index in [4.69, 9.17) is 0 Å². The lowest BCUT2D eigenvalue weighted by molar-refractivity contribution is 0.0958. The second-order valence-corrected chi connectivity index (χ2v) is 7.94. The highest BCUT2D eigenvalue weighted by Gasteiger charge is 2.21. The Labute approximate surface area is 185 Å². The quantitative estimate of drug-likeness (QED) is 0.633. The molecule has 0 unspecified atom stereocenters. The lowest BCUT2D eigenvalue weighted by Crippen LogP contribution is -2.46. The first-order valence-electron chi connectivity index (χ1n) is 10.8. The minimum Gasteiger partial charge on any atom is -0.368 e. The van der Waals surface area contributed by atoms with Crippen LogP contribution in [-0.2, 0) is 13.0 Å². The van der Waals surface area contributed by atoms with E-state index in [9.17, 15) is 9.59 Å². The van der Waals surface area contributed by atoms with E-state index in [-0.39, 0.29) is 17.0 Å². The van der Waals surface area contributed by atoms with Crippen molar-refractivity contribution in [1.29, 1.82) is 0 Å². The van der Waals surface area contributed by atoms with Gasteiger partial charge in [-0.15, -0.1) is 0 Å². The van der Waals surface area contributed by atoms with Gasteiger partial charge in [0.1, 0.15) is 16.9 Å². The third kappa shape index (κ3) is 4.20. The fraction of sp³-hybridized carbons (Fsp3) is 0.391. The zero-order valence-electron chi connectivity index (χ0n) is 18.5. The van der Waals surface area contributed by atoms with Crippen LogP contribution in [0.5, 0.6) is 0 Å². The summed E-state index contributed by atoms with van der Waals surface area (Å²) < 4.78 is 15.1. The van der Waals surface area contributed by atoms with Crippen LogP contribution >= 0.6 is 0 Å². The third-order valence-electron chi connectivity index (χ3n) is 5.92. The van der Waals surface area contributed by atoms with E-state index in [1.807, 2.05) is 19.9 Å². The van der Waals surface area contributed by atoms with E-state index in [2.05, 4.69) is 30.1 Å². The number of benzene rings is 1. The molecule has 0 bridgehead atoms. The molecule has 4 rings (SSSR count). The Morgan fingerprint density at radius 1 is 1.16 bits per heavy atom. The Kier molecular flexibility index (Phi) is 6.18. The summed E-state index contributed by atoms with van der Waals surface area (Å²) in [6, 6.07) is 7.18. The Morgan fingerprint density at radius 3 is 2.56 bits per heavy atom. The first kappa shape index (κ1) is 21.9. The number of carbonyl (C=O) groups is 1. The predicted molar refractivity (Wildman–Crippen MR) is 122 cm³/mol. The van der Waals surface area contributed by atoms with Gasteiger partial charge in [0.05, 0.1) is 16.9 Å². The largest absolute Gasteiger partial charge is 0.368 e. The van der Waals surface area contributed by atoms with Crippen molar-refractivity contribution < 1.29 is 9.18 Å². The number of piperazine rings is 1. The predicted octanol–water partition coefficient (Wildman–Crippen LogP) is 2.01. The molecule has 3 aromatic rings. The average molecular weight is 439 g/mol. The van der Waals surface area contributed by atoms with Crippen LogP contribution < -0.4 is 15.8 Å². The van der Waals surface area contributed by atoms with Crippen LogP contribution in [0, 0.1) is 12.7 Å². The van der Waals surface area contributed by atoms with E-state index >= 15 is 4.39 Å². The second kappa shape index (κ2) is 9.04. The van der Waals surface area contributed by atoms with E-state index in [1.165, 1.54) is 0 Å². The van der Waals surface area contributed by atoms with Crippen molar-refractivity contribution in [2.45, 2.75) is 26.8 Å². The number of nitrogens with one attached hydrogen (secondary N) is 2. The van der Waals surface area contributed by atoms with Crippen molar-refractivity contribution in [2.75, 3.05) is 38.1 Å². The van der Waals surface area contributed by atoms with Crippen LogP contribution in [0.3, 0.4) is 0 Å². The number of aromatic nitrogens is 3. The summed E-state index contributed by atoms with van der Waals surface area (Å²) in [5.74, 6) is -0.619. The van der Waals surface area contributed by atoms with Crippen molar-refractivity contribution in [3.05, 3.63) is 63.1 Å². The minimum atomic E-state index is -0.415. The molecule has 1 saturated heterocycles. The number of carbonyl (C=O) groups excluding carboxylic acids is 1. The summed E-state index contributed by atoms with van der Waals surface area (Å²) in [6.45, 7) is 7.28. The Balaban J connectivity index is 1.45. The van der Waals surface area contributed by atoms with E-state index in [1.54, 1.807) is 25.2 Å². The smallest absolute Gasteiger partial charge is 0.270 e. The Hall–Kier alpha value is -3.33. The molecule has 8 nitrogen and oxygen atoms in total. The molecule has 0 radical (unpaired) electrons. The molecule has 168 valence electrons. The fourth-order valence-corrected chi connectivity index (χ4v) is 4.09. The molecule has 0 saturated carbocycles. The number of H-pyrrole nitrogens is 1. The molecule has 3 heterocycles. The van der Waals surface area contributed by atoms with Gasteiger partial charge >= 0.3 is 0 Å². The summed E-state index contributed by atoms with van der Waals surface area (Å²) >= 11 is 0. The molecule has 9 heteroatoms. The number of rotatable bonds is 5. The van der Waals surface area contributed by atoms with Crippen molar-refractivity contribution in [3.63, 3.8) is 0 Å². The van der Waals surface area contributed by atoms with Crippen molar-refractivity contribution in [1.82, 2.24) is 25.2 Å². The van der Waals surface area contributed by atoms with Crippen LogP contribution in [0.1, 0.15) is 34.4 Å². The van der Waals surface area contributed by atoms with Gasteiger partial charge in [0.25, 0.3) is 11.5 Å². The first-order chi connectivity index (χ1) is 15.4. The second-order valence-electron chi connectivity index (χ2n) is 7.94. The normalized spacial score (nSPS) is 14.7. The van der Waals surface area contributed by atoms with Crippen molar-refractivity contribution in [2.24, 2.45) is 0 Å². The monoisotopic (exact) mass is 438 g/mol. The Morgan fingerprint density at radius 2 is 1.91 bits per heavy atom. The maximum Gasteiger partial charge on any atom is 0.270 e. The summed E-state index contributed by atoms with van der Waals surface area (Å²) in [5.41, 5.74) is 3.47. The van der Waals surface area contributed by atoms with Gasteiger partial charge in [0.15, 0.2) is 5.82 Å². The van der Waals surface area contributed by atoms with Crippen molar-refractivity contribution in [3.8, 4) is 0 Å². The van der Waals surface area contributed by atoms with Crippen LogP contribution in [0.25, 0.3) is 11.0 Å². The maximum absolute atomic E-state index is 15.1. The zero-order chi connectivity index (χ0) is 22.8. The molecule has 1 aliphatic rings. The van der Waals surface area contributed by atoms with Gasteiger partial charge in [-0.3, -0.25) is 14.5 Å². The summed E-state index contributed by atoms with van der Waals surface area (Å²) in [4.78, 5) is 39.6. The summed E-state index contributed by atoms with van der Waals surface area (Å²) in [7, 11) is 1.58. The topological polar surface area (TPSA) is 94.2 Å². The molecule has 1 aliphatic heterocycles. The lowest BCUT2D eigenvalue weighted by Gasteiger charge is -2.36. The molecule has 1 aromatic carbocycles. The molecule has 0 aliphatic carbocycles. The van der Waals surface area contributed by atoms with Crippen LogP contribution in [0.4, 0.5) is 10.1 Å². The number of anilines is 1. The van der Waals surface area contributed by atoms with Gasteiger partial charge in [0.2, 0.25) is 0 Å². The number of hydrogen-bond donors (Lipinski definition) is 2. The molecular weight excluding hydrogens is 411 g/mol. The zero-order valence-corrected chi connectivity index (χ0v) is 18.5. The van der Waals surface area contributed by atoms with Crippen LogP contribution in [-0.4, -0.2) is 59.0 Å². The average Bonchev–Trinajstić information content (AvgIpc) is 2.81. The summed E-state index contributed by atoms with van der Waals surface area (Å²) in [5, 5.41) is 2.58. The van der Waals surface area contributed by atoms with Gasteiger partial charge in [-0.1, -0.05) is 13.0 Å². The van der Waals surface area contributed by atoms with Gasteiger partial charge in [-0.05, 0) is 31.5 Å². The number of pyridine rings is 1. The number of fused-ring (bicyclic) bond motifs is 1. The molecule has 0 spiro atoms. The van der Waals surface area contributed by atoms with E-state index < -0.39 is 5.82 Å². The maximum atomic E-state index is 15.1. The molecule has 1 amide bonds. The highest BCUT2D eigenvalue weighted by molar-refractivity contribution is 5.92. The van der Waals surface area contributed by atoms with Crippen LogP contribution in [0.15, 0.2) is 29.1 Å². The molecule has 0 atom stereocenters. The number of hydrogen-bond acceptors (Lipinski definition) is 6. The molecular formula is C23H27FN6O2. The SMILES string of the molecule is CCc1nc2ccc(CN3CCN(c4ccc(C(=O)NC)nc4C)CC3)c(F)c2[nH]c1=O. The summed E-state index contributed by atoms with van der Waals surface area (Å²) in [6.07, 6.45) is 0.502. The number of amides is 1. The lowest BCUT2D eigenvalue weighted by atomic mass is 10.1. The van der Waals surface area contributed by atoms with Crippen LogP contribution in [0.2, 0.25) is 0 Å². The highest BCUT2D eigenvalue weighted by Crippen LogP contribution is 2.23. The number of aryl methyl sites for hydroxylation is 2. The van der Waals surface area contributed by atoms with Gasteiger partial charge in [-0.25, -0.2) is 14.4 Å². The number of nitrogens with zero attached hydrogens (tertiary/aromatic N) is 4. The molecule has 1 fully saturated rings. The Bertz CT molecular complexity index is 1220. The standard InChI is InChI=1S/C23H27FN6O2/c1-4-16-23(32)28-21-17(27-16)6-5-15(20(21)24)13-29-9-11-30(12-10-29)19-8-7-18(22(31)25-3)26-14(19)2/h5-8H,4,9-13H2,1-3H3,(H,25,31)(H,28,32). The highest BCUT2D eigenvalue weighted by atomic mass is 19.1. The van der Waals surface area contributed by atoms with Gasteiger partial charge in [-0.2, -0.15) is 0 Å². The van der Waals surface area contributed by atoms with Gasteiger partial charge < -0.3 is 15.2 Å². The minimum absolute atomic E-state index is 0.168. The van der Waals surface area contributed by atoms with E-state index in [0.29, 0.717) is 35.4 Å². The third-order valence-corrected chi connectivity index (χ3v) is 5.92. The molecule has 2 aromatic heterocycles. The number of aromatic amines is 1. The van der Waals surface area contributed by atoms with Crippen molar-refractivity contribution >= 4 is 22.6 Å². The van der Waals surface area contributed by atoms with E-state index in [0.717, 1.165) is 37.6 Å². The molecule has 32 heavy (non-hydrogen) atoms. The number of halogens is 1. The first-order valence-corrected chi connectivity index (χ1v) is 10.8.